The molecule has 0 bridgehead atoms. The number of nitrogens with zero attached hydrogens (tertiary/aromatic N) is 3. The Morgan fingerprint density at radius 2 is 2.17 bits per heavy atom. The van der Waals surface area contributed by atoms with E-state index in [0.29, 0.717) is 0 Å². The van der Waals surface area contributed by atoms with E-state index in [0.717, 1.165) is 51.8 Å². The second kappa shape index (κ2) is 12.9. The average Bonchev–Trinajstić information content (AvgIpc) is 3.10. The Labute approximate surface area is 167 Å². The smallest absolute Gasteiger partial charge is 0.193 e. The van der Waals surface area contributed by atoms with E-state index in [-0.39, 0.29) is 24.0 Å². The number of ether oxygens (including phenoxy) is 1. The van der Waals surface area contributed by atoms with Crippen molar-refractivity contribution in [3.63, 3.8) is 0 Å². The Balaban J connectivity index is 0.00000288. The topological polar surface area (TPSA) is 40.1 Å². The third kappa shape index (κ3) is 8.13. The lowest BCUT2D eigenvalue weighted by atomic mass is 10.2. The van der Waals surface area contributed by atoms with Gasteiger partial charge in [-0.2, -0.15) is 0 Å². The van der Waals surface area contributed by atoms with Crippen LogP contribution in [0.2, 0.25) is 0 Å². The maximum Gasteiger partial charge on any atom is 0.193 e. The van der Waals surface area contributed by atoms with Crippen molar-refractivity contribution >= 4 is 41.3 Å². The quantitative estimate of drug-likeness (QED) is 0.277. The number of hydrogen-bond acceptors (Lipinski definition) is 4. The summed E-state index contributed by atoms with van der Waals surface area (Å²) in [5.41, 5.74) is 0. The summed E-state index contributed by atoms with van der Waals surface area (Å²) in [6, 6.07) is 4.31. The molecular formula is C17H31IN4OS. The highest BCUT2D eigenvalue weighted by Gasteiger charge is 2.09. The van der Waals surface area contributed by atoms with Gasteiger partial charge in [0.05, 0.1) is 13.2 Å². The Bertz CT molecular complexity index is 449. The number of morpholine rings is 1. The van der Waals surface area contributed by atoms with E-state index in [2.05, 4.69) is 44.7 Å². The summed E-state index contributed by atoms with van der Waals surface area (Å²) in [5, 5.41) is 5.61. The highest BCUT2D eigenvalue weighted by atomic mass is 127. The van der Waals surface area contributed by atoms with Crippen LogP contribution in [0.5, 0.6) is 0 Å². The molecule has 1 N–H and O–H groups in total. The first-order valence-electron chi connectivity index (χ1n) is 8.54. The van der Waals surface area contributed by atoms with Crippen LogP contribution in [0, 0.1) is 0 Å². The van der Waals surface area contributed by atoms with Crippen molar-refractivity contribution in [1.82, 2.24) is 15.1 Å². The molecule has 5 nitrogen and oxygen atoms in total. The zero-order valence-electron chi connectivity index (χ0n) is 14.9. The van der Waals surface area contributed by atoms with Crippen LogP contribution >= 0.6 is 35.3 Å². The fourth-order valence-electron chi connectivity index (χ4n) is 2.71. The summed E-state index contributed by atoms with van der Waals surface area (Å²) in [6.07, 6.45) is 3.48. The van der Waals surface area contributed by atoms with Gasteiger partial charge in [0, 0.05) is 45.2 Å². The Morgan fingerprint density at radius 1 is 1.38 bits per heavy atom. The summed E-state index contributed by atoms with van der Waals surface area (Å²) < 4.78 is 5.37. The van der Waals surface area contributed by atoms with Gasteiger partial charge >= 0.3 is 0 Å². The highest BCUT2D eigenvalue weighted by molar-refractivity contribution is 14.0. The molecule has 0 amide bonds. The molecule has 1 aliphatic heterocycles. The number of halogens is 1. The standard InChI is InChI=1S/C17H30N4OS.HI/c1-18-17(20(2)10-7-16-6-5-15-23-16)19-8-3-4-9-21-11-13-22-14-12-21;/h5-6,15H,3-4,7-14H2,1-2H3,(H,18,19);1H. The monoisotopic (exact) mass is 466 g/mol. The number of hydrogen-bond donors (Lipinski definition) is 1. The number of thiophene rings is 1. The molecule has 24 heavy (non-hydrogen) atoms. The minimum absolute atomic E-state index is 0. The molecule has 0 radical (unpaired) electrons. The Morgan fingerprint density at radius 3 is 2.83 bits per heavy atom. The van der Waals surface area contributed by atoms with E-state index in [9.17, 15) is 0 Å². The van der Waals surface area contributed by atoms with Crippen LogP contribution in [-0.2, 0) is 11.2 Å². The maximum absolute atomic E-state index is 5.37. The lowest BCUT2D eigenvalue weighted by Crippen LogP contribution is -2.40. The lowest BCUT2D eigenvalue weighted by molar-refractivity contribution is 0.0372. The number of nitrogens with one attached hydrogen (secondary N) is 1. The van der Waals surface area contributed by atoms with Crippen molar-refractivity contribution < 1.29 is 4.74 Å². The second-order valence-corrected chi connectivity index (χ2v) is 6.92. The molecule has 138 valence electrons. The van der Waals surface area contributed by atoms with Gasteiger partial charge in [0.2, 0.25) is 0 Å². The molecular weight excluding hydrogens is 435 g/mol. The number of guanidine groups is 1. The van der Waals surface area contributed by atoms with Crippen molar-refractivity contribution in [3.05, 3.63) is 22.4 Å². The van der Waals surface area contributed by atoms with Crippen molar-refractivity contribution in [1.29, 1.82) is 0 Å². The Kier molecular flexibility index (Phi) is 11.7. The summed E-state index contributed by atoms with van der Waals surface area (Å²) >= 11 is 1.82. The molecule has 0 aliphatic carbocycles. The average molecular weight is 466 g/mol. The first kappa shape index (κ1) is 21.7. The minimum atomic E-state index is 0. The summed E-state index contributed by atoms with van der Waals surface area (Å²) in [7, 11) is 3.97. The van der Waals surface area contributed by atoms with Crippen LogP contribution < -0.4 is 5.32 Å². The molecule has 1 aromatic rings. The van der Waals surface area contributed by atoms with E-state index in [4.69, 9.17) is 4.74 Å². The third-order valence-electron chi connectivity index (χ3n) is 4.14. The van der Waals surface area contributed by atoms with Gasteiger partial charge in [0.1, 0.15) is 0 Å². The Hall–Kier alpha value is -0.380. The number of unbranched alkanes of at least 4 members (excludes halogenated alkanes) is 1. The van der Waals surface area contributed by atoms with E-state index in [1.165, 1.54) is 24.3 Å². The predicted molar refractivity (Wildman–Crippen MR) is 114 cm³/mol. The third-order valence-corrected chi connectivity index (χ3v) is 5.07. The molecule has 0 unspecified atom stereocenters. The second-order valence-electron chi connectivity index (χ2n) is 5.89. The van der Waals surface area contributed by atoms with Crippen molar-refractivity contribution in [2.75, 3.05) is 60.0 Å². The van der Waals surface area contributed by atoms with Crippen molar-refractivity contribution in [2.24, 2.45) is 4.99 Å². The molecule has 1 aliphatic rings. The largest absolute Gasteiger partial charge is 0.379 e. The molecule has 0 spiro atoms. The normalized spacial score (nSPS) is 15.8. The summed E-state index contributed by atoms with van der Waals surface area (Å²) in [4.78, 5) is 10.5. The van der Waals surface area contributed by atoms with Gasteiger partial charge in [0.15, 0.2) is 5.96 Å². The fourth-order valence-corrected chi connectivity index (χ4v) is 3.41. The van der Waals surface area contributed by atoms with Crippen LogP contribution in [0.25, 0.3) is 0 Å². The molecule has 0 atom stereocenters. The van der Waals surface area contributed by atoms with Crippen LogP contribution in [0.3, 0.4) is 0 Å². The molecule has 0 saturated carbocycles. The zero-order chi connectivity index (χ0) is 16.3. The summed E-state index contributed by atoms with van der Waals surface area (Å²) in [5.74, 6) is 0.993. The minimum Gasteiger partial charge on any atom is -0.379 e. The highest BCUT2D eigenvalue weighted by Crippen LogP contribution is 2.09. The first-order chi connectivity index (χ1) is 11.3. The van der Waals surface area contributed by atoms with Crippen LogP contribution in [0.4, 0.5) is 0 Å². The lowest BCUT2D eigenvalue weighted by Gasteiger charge is -2.26. The van der Waals surface area contributed by atoms with Crippen molar-refractivity contribution in [2.45, 2.75) is 19.3 Å². The van der Waals surface area contributed by atoms with E-state index < -0.39 is 0 Å². The van der Waals surface area contributed by atoms with Gasteiger partial charge in [-0.3, -0.25) is 9.89 Å². The van der Waals surface area contributed by atoms with Crippen LogP contribution in [0.1, 0.15) is 17.7 Å². The number of rotatable bonds is 8. The zero-order valence-corrected chi connectivity index (χ0v) is 18.0. The molecule has 1 aromatic heterocycles. The van der Waals surface area contributed by atoms with Gasteiger partial charge in [0.25, 0.3) is 0 Å². The predicted octanol–water partition coefficient (Wildman–Crippen LogP) is 2.53. The van der Waals surface area contributed by atoms with Gasteiger partial charge < -0.3 is 15.0 Å². The molecule has 7 heteroatoms. The molecule has 0 aromatic carbocycles. The van der Waals surface area contributed by atoms with Gasteiger partial charge in [-0.05, 0) is 37.3 Å². The van der Waals surface area contributed by atoms with E-state index in [1.54, 1.807) is 0 Å². The fraction of sp³-hybridized carbons (Fsp3) is 0.706. The number of likely N-dealkylation sites (N-methyl/N-ethyl adjacent to an activating group) is 1. The molecule has 2 heterocycles. The van der Waals surface area contributed by atoms with Gasteiger partial charge in [-0.1, -0.05) is 6.07 Å². The van der Waals surface area contributed by atoms with Crippen LogP contribution in [-0.4, -0.2) is 75.8 Å². The molecule has 2 rings (SSSR count). The molecule has 1 fully saturated rings. The van der Waals surface area contributed by atoms with E-state index >= 15 is 0 Å². The van der Waals surface area contributed by atoms with Gasteiger partial charge in [-0.15, -0.1) is 35.3 Å². The maximum atomic E-state index is 5.37. The SMILES string of the molecule is CN=C(NCCCCN1CCOCC1)N(C)CCc1cccs1.I. The first-order valence-corrected chi connectivity index (χ1v) is 9.42. The van der Waals surface area contributed by atoms with Crippen LogP contribution in [0.15, 0.2) is 22.5 Å². The molecule has 1 saturated heterocycles. The van der Waals surface area contributed by atoms with E-state index in [1.807, 2.05) is 18.4 Å². The van der Waals surface area contributed by atoms with Gasteiger partial charge in [-0.25, -0.2) is 0 Å². The number of aliphatic imine (C=N–C) groups is 1. The summed E-state index contributed by atoms with van der Waals surface area (Å²) in [6.45, 7) is 7.10. The van der Waals surface area contributed by atoms with Crippen molar-refractivity contribution in [3.8, 4) is 0 Å².